The summed E-state index contributed by atoms with van der Waals surface area (Å²) in [6.45, 7) is 3.73. The molecule has 2 N–H and O–H groups in total. The lowest BCUT2D eigenvalue weighted by Gasteiger charge is -2.11. The number of carbonyl (C=O) groups excluding carboxylic acids is 2. The molecule has 12 heteroatoms. The second-order valence-corrected chi connectivity index (χ2v) is 9.55. The van der Waals surface area contributed by atoms with Gasteiger partial charge in [0, 0.05) is 25.7 Å². The zero-order valence-corrected chi connectivity index (χ0v) is 18.1. The van der Waals surface area contributed by atoms with Crippen molar-refractivity contribution in [1.82, 2.24) is 25.1 Å². The lowest BCUT2D eigenvalue weighted by atomic mass is 10.2. The van der Waals surface area contributed by atoms with Crippen LogP contribution >= 0.6 is 11.8 Å². The highest BCUT2D eigenvalue weighted by Crippen LogP contribution is 2.16. The Kier molecular flexibility index (Phi) is 7.76. The number of thioether (sulfide) groups is 1. The van der Waals surface area contributed by atoms with Gasteiger partial charge in [0.2, 0.25) is 21.8 Å². The molecular formula is C17H23N5O5S2. The molecular weight excluding hydrogens is 418 g/mol. The third-order valence-corrected chi connectivity index (χ3v) is 6.17. The quantitative estimate of drug-likeness (QED) is 0.547. The maximum absolute atomic E-state index is 12.2. The first kappa shape index (κ1) is 22.8. The third kappa shape index (κ3) is 6.54. The summed E-state index contributed by atoms with van der Waals surface area (Å²) in [4.78, 5) is 23.9. The molecule has 2 rings (SSSR count). The van der Waals surface area contributed by atoms with Crippen molar-refractivity contribution in [3.05, 3.63) is 35.7 Å². The molecule has 0 spiro atoms. The Morgan fingerprint density at radius 2 is 1.83 bits per heavy atom. The largest absolute Gasteiger partial charge is 0.414 e. The summed E-state index contributed by atoms with van der Waals surface area (Å²) in [6, 6.07) is 5.64. The van der Waals surface area contributed by atoms with Crippen LogP contribution in [0.3, 0.4) is 0 Å². The lowest BCUT2D eigenvalue weighted by Crippen LogP contribution is -2.31. The second-order valence-electron chi connectivity index (χ2n) is 6.47. The summed E-state index contributed by atoms with van der Waals surface area (Å²) in [5.41, 5.74) is 0.294. The van der Waals surface area contributed by atoms with E-state index in [1.165, 1.54) is 38.4 Å². The standard InChI is InChI=1S/C17H23N5O5S2/c1-11(2)19-14(23)10-28-17-21-20-15(27-17)9-18-16(24)12-5-7-13(8-6-12)29(25,26)22(3)4/h5-8,11H,9-10H2,1-4H3,(H,18,24)(H,19,23). The minimum atomic E-state index is -3.55. The van der Waals surface area contributed by atoms with Crippen LogP contribution in [0.15, 0.2) is 38.8 Å². The van der Waals surface area contributed by atoms with Gasteiger partial charge >= 0.3 is 0 Å². The molecule has 0 aliphatic rings. The van der Waals surface area contributed by atoms with Gasteiger partial charge in [0.25, 0.3) is 11.1 Å². The maximum atomic E-state index is 12.2. The zero-order chi connectivity index (χ0) is 21.6. The summed E-state index contributed by atoms with van der Waals surface area (Å²) >= 11 is 1.10. The predicted molar refractivity (Wildman–Crippen MR) is 107 cm³/mol. The number of aromatic nitrogens is 2. The summed E-state index contributed by atoms with van der Waals surface area (Å²) in [5, 5.41) is 13.2. The van der Waals surface area contributed by atoms with Crippen LogP contribution in [-0.4, -0.2) is 60.6 Å². The molecule has 29 heavy (non-hydrogen) atoms. The number of sulfonamides is 1. The number of nitrogens with zero attached hydrogens (tertiary/aromatic N) is 3. The van der Waals surface area contributed by atoms with Gasteiger partial charge in [-0.15, -0.1) is 10.2 Å². The van der Waals surface area contributed by atoms with E-state index in [1.54, 1.807) is 0 Å². The highest BCUT2D eigenvalue weighted by molar-refractivity contribution is 7.99. The molecule has 1 aromatic carbocycles. The summed E-state index contributed by atoms with van der Waals surface area (Å²) < 4.78 is 30.6. The Morgan fingerprint density at radius 3 is 2.41 bits per heavy atom. The van der Waals surface area contributed by atoms with Gasteiger partial charge in [-0.2, -0.15) is 0 Å². The van der Waals surface area contributed by atoms with Crippen molar-refractivity contribution in [1.29, 1.82) is 0 Å². The first-order valence-electron chi connectivity index (χ1n) is 8.65. The molecule has 0 atom stereocenters. The van der Waals surface area contributed by atoms with Gasteiger partial charge in [0.1, 0.15) is 0 Å². The highest BCUT2D eigenvalue weighted by Gasteiger charge is 2.18. The van der Waals surface area contributed by atoms with E-state index < -0.39 is 15.9 Å². The van der Waals surface area contributed by atoms with E-state index in [0.29, 0.717) is 5.56 Å². The van der Waals surface area contributed by atoms with Gasteiger partial charge < -0.3 is 15.1 Å². The third-order valence-electron chi connectivity index (χ3n) is 3.52. The summed E-state index contributed by atoms with van der Waals surface area (Å²) in [7, 11) is -0.684. The van der Waals surface area contributed by atoms with Gasteiger partial charge in [-0.1, -0.05) is 11.8 Å². The van der Waals surface area contributed by atoms with Crippen LogP contribution in [0, 0.1) is 0 Å². The Morgan fingerprint density at radius 1 is 1.17 bits per heavy atom. The van der Waals surface area contributed by atoms with E-state index in [2.05, 4.69) is 20.8 Å². The number of carbonyl (C=O) groups is 2. The lowest BCUT2D eigenvalue weighted by molar-refractivity contribution is -0.119. The summed E-state index contributed by atoms with van der Waals surface area (Å²) in [6.07, 6.45) is 0. The average Bonchev–Trinajstić information content (AvgIpc) is 3.12. The molecule has 0 saturated heterocycles. The molecule has 0 fully saturated rings. The molecule has 1 heterocycles. The van der Waals surface area contributed by atoms with E-state index >= 15 is 0 Å². The Bertz CT molecular complexity index is 955. The van der Waals surface area contributed by atoms with Crippen molar-refractivity contribution >= 4 is 33.6 Å². The van der Waals surface area contributed by atoms with Crippen LogP contribution in [-0.2, 0) is 21.4 Å². The van der Waals surface area contributed by atoms with Crippen LogP contribution in [0.25, 0.3) is 0 Å². The number of nitrogens with one attached hydrogen (secondary N) is 2. The molecule has 0 aliphatic carbocycles. The first-order chi connectivity index (χ1) is 13.6. The van der Waals surface area contributed by atoms with Crippen LogP contribution < -0.4 is 10.6 Å². The molecule has 0 saturated carbocycles. The molecule has 0 bridgehead atoms. The molecule has 0 aliphatic heterocycles. The van der Waals surface area contributed by atoms with Crippen molar-refractivity contribution in [2.75, 3.05) is 19.8 Å². The molecule has 10 nitrogen and oxygen atoms in total. The Labute approximate surface area is 173 Å². The number of hydrogen-bond acceptors (Lipinski definition) is 8. The highest BCUT2D eigenvalue weighted by atomic mass is 32.2. The van der Waals surface area contributed by atoms with Crippen molar-refractivity contribution in [3.63, 3.8) is 0 Å². The number of rotatable bonds is 9. The average molecular weight is 442 g/mol. The first-order valence-corrected chi connectivity index (χ1v) is 11.1. The van der Waals surface area contributed by atoms with Gasteiger partial charge in [-0.3, -0.25) is 9.59 Å². The van der Waals surface area contributed by atoms with Crippen LogP contribution in [0.1, 0.15) is 30.1 Å². The SMILES string of the molecule is CC(C)NC(=O)CSc1nnc(CNC(=O)c2ccc(S(=O)(=O)N(C)C)cc2)o1. The molecule has 2 amide bonds. The maximum Gasteiger partial charge on any atom is 0.277 e. The van der Waals surface area contributed by atoms with Gasteiger partial charge in [-0.25, -0.2) is 12.7 Å². The minimum absolute atomic E-state index is 0.00231. The van der Waals surface area contributed by atoms with Gasteiger partial charge in [0.15, 0.2) is 0 Å². The monoisotopic (exact) mass is 441 g/mol. The van der Waals surface area contributed by atoms with Gasteiger partial charge in [-0.05, 0) is 38.1 Å². The van der Waals surface area contributed by atoms with Crippen molar-refractivity contribution < 1.29 is 22.4 Å². The van der Waals surface area contributed by atoms with Crippen molar-refractivity contribution in [3.8, 4) is 0 Å². The van der Waals surface area contributed by atoms with Gasteiger partial charge in [0.05, 0.1) is 17.2 Å². The Hall–Kier alpha value is -2.44. The summed E-state index contributed by atoms with van der Waals surface area (Å²) in [5.74, 6) is -0.216. The molecule has 158 valence electrons. The van der Waals surface area contributed by atoms with Crippen LogP contribution in [0.4, 0.5) is 0 Å². The molecule has 0 radical (unpaired) electrons. The van der Waals surface area contributed by atoms with Crippen LogP contribution in [0.5, 0.6) is 0 Å². The fraction of sp³-hybridized carbons (Fsp3) is 0.412. The molecule has 0 unspecified atom stereocenters. The van der Waals surface area contributed by atoms with E-state index in [0.717, 1.165) is 16.1 Å². The topological polar surface area (TPSA) is 134 Å². The van der Waals surface area contributed by atoms with E-state index in [-0.39, 0.29) is 40.3 Å². The van der Waals surface area contributed by atoms with Crippen molar-refractivity contribution in [2.45, 2.75) is 36.6 Å². The molecule has 1 aromatic heterocycles. The van der Waals surface area contributed by atoms with E-state index in [1.807, 2.05) is 13.8 Å². The Balaban J connectivity index is 1.88. The molecule has 2 aromatic rings. The van der Waals surface area contributed by atoms with E-state index in [9.17, 15) is 18.0 Å². The van der Waals surface area contributed by atoms with Crippen LogP contribution in [0.2, 0.25) is 0 Å². The fourth-order valence-electron chi connectivity index (χ4n) is 2.11. The number of hydrogen-bond donors (Lipinski definition) is 2. The number of benzene rings is 1. The van der Waals surface area contributed by atoms with Crippen molar-refractivity contribution in [2.24, 2.45) is 0 Å². The normalized spacial score (nSPS) is 11.7. The minimum Gasteiger partial charge on any atom is -0.414 e. The zero-order valence-electron chi connectivity index (χ0n) is 16.5. The van der Waals surface area contributed by atoms with E-state index in [4.69, 9.17) is 4.42 Å². The second kappa shape index (κ2) is 9.85. The number of amides is 2. The smallest absolute Gasteiger partial charge is 0.277 e. The predicted octanol–water partition coefficient (Wildman–Crippen LogP) is 0.867. The fourth-order valence-corrected chi connectivity index (χ4v) is 3.60.